The first-order valence-electron chi connectivity index (χ1n) is 6.30. The molecule has 0 aliphatic carbocycles. The van der Waals surface area contributed by atoms with Gasteiger partial charge in [-0.1, -0.05) is 17.7 Å². The SMILES string of the molecule is COCCCNC(=O)/C=C/c1c(Cl)nc2ccccn12. The van der Waals surface area contributed by atoms with Crippen molar-refractivity contribution in [1.82, 2.24) is 14.7 Å². The van der Waals surface area contributed by atoms with Gasteiger partial charge in [0.2, 0.25) is 5.91 Å². The summed E-state index contributed by atoms with van der Waals surface area (Å²) in [6, 6.07) is 5.62. The van der Waals surface area contributed by atoms with Crippen molar-refractivity contribution in [2.24, 2.45) is 0 Å². The molecule has 2 aromatic rings. The third kappa shape index (κ3) is 3.59. The Bertz CT molecular complexity index is 622. The molecule has 5 nitrogen and oxygen atoms in total. The molecule has 0 saturated heterocycles. The number of ether oxygens (including phenoxy) is 1. The summed E-state index contributed by atoms with van der Waals surface area (Å²) in [4.78, 5) is 15.8. The molecule has 1 amide bonds. The molecule has 20 heavy (non-hydrogen) atoms. The minimum Gasteiger partial charge on any atom is -0.385 e. The molecule has 0 spiro atoms. The van der Waals surface area contributed by atoms with Gasteiger partial charge in [0, 0.05) is 32.5 Å². The van der Waals surface area contributed by atoms with Gasteiger partial charge < -0.3 is 10.1 Å². The lowest BCUT2D eigenvalue weighted by atomic mass is 10.3. The smallest absolute Gasteiger partial charge is 0.244 e. The van der Waals surface area contributed by atoms with Crippen molar-refractivity contribution >= 4 is 29.2 Å². The van der Waals surface area contributed by atoms with Gasteiger partial charge in [0.25, 0.3) is 0 Å². The van der Waals surface area contributed by atoms with Crippen molar-refractivity contribution in [2.45, 2.75) is 6.42 Å². The van der Waals surface area contributed by atoms with E-state index in [-0.39, 0.29) is 5.91 Å². The third-order valence-corrected chi connectivity index (χ3v) is 3.02. The molecule has 0 saturated carbocycles. The van der Waals surface area contributed by atoms with Gasteiger partial charge in [-0.25, -0.2) is 4.98 Å². The molecule has 2 rings (SSSR count). The number of pyridine rings is 1. The number of hydrogen-bond acceptors (Lipinski definition) is 3. The van der Waals surface area contributed by atoms with Gasteiger partial charge >= 0.3 is 0 Å². The lowest BCUT2D eigenvalue weighted by Crippen LogP contribution is -2.22. The summed E-state index contributed by atoms with van der Waals surface area (Å²) >= 11 is 6.07. The second kappa shape index (κ2) is 7.07. The Hall–Kier alpha value is -1.85. The van der Waals surface area contributed by atoms with Crippen molar-refractivity contribution in [2.75, 3.05) is 20.3 Å². The van der Waals surface area contributed by atoms with E-state index >= 15 is 0 Å². The van der Waals surface area contributed by atoms with Gasteiger partial charge in [-0.05, 0) is 24.6 Å². The number of aromatic nitrogens is 2. The lowest BCUT2D eigenvalue weighted by Gasteiger charge is -2.01. The summed E-state index contributed by atoms with van der Waals surface area (Å²) in [6.45, 7) is 1.21. The summed E-state index contributed by atoms with van der Waals surface area (Å²) in [6.07, 6.45) is 5.75. The van der Waals surface area contributed by atoms with Crippen LogP contribution in [-0.4, -0.2) is 35.6 Å². The summed E-state index contributed by atoms with van der Waals surface area (Å²) in [5.74, 6) is -0.164. The summed E-state index contributed by atoms with van der Waals surface area (Å²) in [7, 11) is 1.63. The van der Waals surface area contributed by atoms with Crippen molar-refractivity contribution < 1.29 is 9.53 Å². The Morgan fingerprint density at radius 2 is 2.40 bits per heavy atom. The molecular weight excluding hydrogens is 278 g/mol. The maximum Gasteiger partial charge on any atom is 0.244 e. The predicted molar refractivity (Wildman–Crippen MR) is 78.7 cm³/mol. The van der Waals surface area contributed by atoms with Gasteiger partial charge in [0.05, 0.1) is 5.69 Å². The number of carbonyl (C=O) groups is 1. The fraction of sp³-hybridized carbons (Fsp3) is 0.286. The van der Waals surface area contributed by atoms with Crippen LogP contribution in [0.2, 0.25) is 5.15 Å². The van der Waals surface area contributed by atoms with Gasteiger partial charge in [-0.3, -0.25) is 9.20 Å². The largest absolute Gasteiger partial charge is 0.385 e. The van der Waals surface area contributed by atoms with Crippen LogP contribution in [0.3, 0.4) is 0 Å². The summed E-state index contributed by atoms with van der Waals surface area (Å²) in [5.41, 5.74) is 1.44. The van der Waals surface area contributed by atoms with Crippen LogP contribution in [0.1, 0.15) is 12.1 Å². The zero-order valence-electron chi connectivity index (χ0n) is 11.2. The minimum atomic E-state index is -0.164. The van der Waals surface area contributed by atoms with Crippen molar-refractivity contribution in [3.8, 4) is 0 Å². The highest BCUT2D eigenvalue weighted by Crippen LogP contribution is 2.18. The van der Waals surface area contributed by atoms with E-state index in [4.69, 9.17) is 16.3 Å². The number of methoxy groups -OCH3 is 1. The van der Waals surface area contributed by atoms with Crippen LogP contribution in [0.4, 0.5) is 0 Å². The van der Waals surface area contributed by atoms with Crippen molar-refractivity contribution in [1.29, 1.82) is 0 Å². The fourth-order valence-electron chi connectivity index (χ4n) is 1.78. The minimum absolute atomic E-state index is 0.164. The zero-order valence-corrected chi connectivity index (χ0v) is 11.9. The number of halogens is 1. The van der Waals surface area contributed by atoms with E-state index in [9.17, 15) is 4.79 Å². The molecule has 2 aromatic heterocycles. The molecule has 0 aromatic carbocycles. The Kier molecular flexibility index (Phi) is 5.15. The number of imidazole rings is 1. The standard InChI is InChI=1S/C14H16ClN3O2/c1-20-10-4-8-16-13(19)7-6-11-14(15)17-12-5-2-3-9-18(11)12/h2-3,5-7,9H,4,8,10H2,1H3,(H,16,19)/b7-6+. The molecule has 2 heterocycles. The third-order valence-electron chi connectivity index (χ3n) is 2.74. The second-order valence-corrected chi connectivity index (χ2v) is 4.55. The average Bonchev–Trinajstić information content (AvgIpc) is 2.77. The Morgan fingerprint density at radius 3 is 3.20 bits per heavy atom. The van der Waals surface area contributed by atoms with E-state index < -0.39 is 0 Å². The van der Waals surface area contributed by atoms with Crippen LogP contribution >= 0.6 is 11.6 Å². The van der Waals surface area contributed by atoms with Crippen LogP contribution in [0.25, 0.3) is 11.7 Å². The first kappa shape index (κ1) is 14.6. The highest BCUT2D eigenvalue weighted by molar-refractivity contribution is 6.31. The number of fused-ring (bicyclic) bond motifs is 1. The molecule has 0 bridgehead atoms. The van der Waals surface area contributed by atoms with Gasteiger partial charge in [0.15, 0.2) is 5.15 Å². The zero-order chi connectivity index (χ0) is 14.4. The van der Waals surface area contributed by atoms with E-state index in [0.29, 0.717) is 24.0 Å². The van der Waals surface area contributed by atoms with Crippen LogP contribution in [0, 0.1) is 0 Å². The van der Waals surface area contributed by atoms with Crippen LogP contribution in [0.15, 0.2) is 30.5 Å². The molecule has 0 radical (unpaired) electrons. The Labute approximate surface area is 122 Å². The molecule has 0 atom stereocenters. The van der Waals surface area contributed by atoms with E-state index in [2.05, 4.69) is 10.3 Å². The average molecular weight is 294 g/mol. The fourth-order valence-corrected chi connectivity index (χ4v) is 2.02. The molecular formula is C14H16ClN3O2. The Morgan fingerprint density at radius 1 is 1.55 bits per heavy atom. The summed E-state index contributed by atoms with van der Waals surface area (Å²) in [5, 5.41) is 3.14. The normalized spacial score (nSPS) is 11.3. The van der Waals surface area contributed by atoms with E-state index in [1.165, 1.54) is 6.08 Å². The summed E-state index contributed by atoms with van der Waals surface area (Å²) < 4.78 is 6.74. The first-order chi connectivity index (χ1) is 9.72. The number of nitrogens with zero attached hydrogens (tertiary/aromatic N) is 2. The number of rotatable bonds is 6. The van der Waals surface area contributed by atoms with Gasteiger partial charge in [-0.2, -0.15) is 0 Å². The van der Waals surface area contributed by atoms with Crippen LogP contribution < -0.4 is 5.32 Å². The number of amides is 1. The van der Waals surface area contributed by atoms with Gasteiger partial charge in [0.1, 0.15) is 5.65 Å². The van der Waals surface area contributed by atoms with Crippen LogP contribution in [-0.2, 0) is 9.53 Å². The molecule has 0 aliphatic rings. The highest BCUT2D eigenvalue weighted by atomic mass is 35.5. The predicted octanol–water partition coefficient (Wildman–Crippen LogP) is 2.15. The molecule has 0 aliphatic heterocycles. The van der Waals surface area contributed by atoms with E-state index in [1.54, 1.807) is 13.2 Å². The second-order valence-electron chi connectivity index (χ2n) is 4.19. The molecule has 0 fully saturated rings. The van der Waals surface area contributed by atoms with E-state index in [0.717, 1.165) is 12.1 Å². The topological polar surface area (TPSA) is 55.6 Å². The van der Waals surface area contributed by atoms with Gasteiger partial charge in [-0.15, -0.1) is 0 Å². The lowest BCUT2D eigenvalue weighted by molar-refractivity contribution is -0.116. The van der Waals surface area contributed by atoms with Crippen molar-refractivity contribution in [3.63, 3.8) is 0 Å². The maximum absolute atomic E-state index is 11.6. The first-order valence-corrected chi connectivity index (χ1v) is 6.67. The monoisotopic (exact) mass is 293 g/mol. The number of nitrogens with one attached hydrogen (secondary N) is 1. The van der Waals surface area contributed by atoms with Crippen LogP contribution in [0.5, 0.6) is 0 Å². The number of hydrogen-bond donors (Lipinski definition) is 1. The molecule has 6 heteroatoms. The number of carbonyl (C=O) groups excluding carboxylic acids is 1. The van der Waals surface area contributed by atoms with E-state index in [1.807, 2.05) is 28.8 Å². The molecule has 0 unspecified atom stereocenters. The highest BCUT2D eigenvalue weighted by Gasteiger charge is 2.06. The Balaban J connectivity index is 2.02. The molecule has 1 N–H and O–H groups in total. The molecule has 106 valence electrons. The quantitative estimate of drug-likeness (QED) is 0.656. The van der Waals surface area contributed by atoms with Crippen molar-refractivity contribution in [3.05, 3.63) is 41.3 Å². The maximum atomic E-state index is 11.6.